The highest BCUT2D eigenvalue weighted by Gasteiger charge is 2.12. The van der Waals surface area contributed by atoms with Crippen LogP contribution in [0.1, 0.15) is 43.5 Å². The summed E-state index contributed by atoms with van der Waals surface area (Å²) in [6.45, 7) is 6.72. The largest absolute Gasteiger partial charge is 0.494 e. The molecule has 1 aromatic heterocycles. The second-order valence-electron chi connectivity index (χ2n) is 7.87. The summed E-state index contributed by atoms with van der Waals surface area (Å²) in [7, 11) is 0. The van der Waals surface area contributed by atoms with E-state index in [0.29, 0.717) is 36.7 Å². The molecule has 172 valence electrons. The van der Waals surface area contributed by atoms with Crippen LogP contribution in [0, 0.1) is 0 Å². The number of hydrogen-bond donors (Lipinski definition) is 0. The quantitative estimate of drug-likeness (QED) is 0.264. The molecule has 0 aliphatic rings. The maximum absolute atomic E-state index is 13.0. The van der Waals surface area contributed by atoms with Gasteiger partial charge in [-0.05, 0) is 49.1 Å². The number of carbonyl (C=O) groups is 1. The van der Waals surface area contributed by atoms with Crippen LogP contribution in [0.25, 0.3) is 21.0 Å². The predicted octanol–water partition coefficient (Wildman–Crippen LogP) is 6.20. The third-order valence-corrected chi connectivity index (χ3v) is 6.68. The number of ether oxygens (including phenoxy) is 2. The van der Waals surface area contributed by atoms with Crippen LogP contribution in [0.2, 0.25) is 0 Å². The van der Waals surface area contributed by atoms with E-state index in [0.717, 1.165) is 35.2 Å². The highest BCUT2D eigenvalue weighted by Crippen LogP contribution is 2.27. The molecule has 0 unspecified atom stereocenters. The molecule has 0 saturated carbocycles. The number of aromatic nitrogens is 1. The summed E-state index contributed by atoms with van der Waals surface area (Å²) in [5.41, 5.74) is 1.62. The topological polar surface area (TPSA) is 52.8 Å². The van der Waals surface area contributed by atoms with Crippen LogP contribution in [0.15, 0.2) is 65.7 Å². The number of unbranched alkanes of at least 4 members (excludes halogenated alkanes) is 2. The number of amides is 1. The maximum Gasteiger partial charge on any atom is 0.279 e. The first-order valence-corrected chi connectivity index (χ1v) is 12.4. The van der Waals surface area contributed by atoms with Gasteiger partial charge in [-0.1, -0.05) is 61.4 Å². The van der Waals surface area contributed by atoms with Gasteiger partial charge < -0.3 is 14.0 Å². The van der Waals surface area contributed by atoms with E-state index < -0.39 is 0 Å². The van der Waals surface area contributed by atoms with Crippen LogP contribution >= 0.6 is 11.3 Å². The average Bonchev–Trinajstić information content (AvgIpc) is 3.20. The Labute approximate surface area is 198 Å². The number of rotatable bonds is 10. The van der Waals surface area contributed by atoms with Crippen molar-refractivity contribution in [1.82, 2.24) is 4.57 Å². The number of carbonyl (C=O) groups excluding carboxylic acids is 1. The highest BCUT2D eigenvalue weighted by atomic mass is 32.1. The normalized spacial score (nSPS) is 12.0. The van der Waals surface area contributed by atoms with Crippen molar-refractivity contribution in [2.24, 2.45) is 4.99 Å². The van der Waals surface area contributed by atoms with Crippen LogP contribution in [0.3, 0.4) is 0 Å². The molecule has 0 radical (unpaired) electrons. The van der Waals surface area contributed by atoms with Crippen molar-refractivity contribution in [3.8, 4) is 5.75 Å². The number of thiazole rings is 1. The van der Waals surface area contributed by atoms with Gasteiger partial charge in [-0.3, -0.25) is 4.79 Å². The second kappa shape index (κ2) is 11.3. The van der Waals surface area contributed by atoms with Gasteiger partial charge in [0.15, 0.2) is 4.80 Å². The van der Waals surface area contributed by atoms with E-state index in [1.54, 1.807) is 23.5 Å². The van der Waals surface area contributed by atoms with Crippen molar-refractivity contribution >= 4 is 38.2 Å². The molecule has 0 saturated heterocycles. The molecule has 33 heavy (non-hydrogen) atoms. The van der Waals surface area contributed by atoms with E-state index in [1.807, 2.05) is 31.2 Å². The third-order valence-electron chi connectivity index (χ3n) is 5.55. The van der Waals surface area contributed by atoms with Crippen LogP contribution in [-0.4, -0.2) is 30.3 Å². The van der Waals surface area contributed by atoms with Crippen molar-refractivity contribution in [3.05, 3.63) is 71.0 Å². The molecule has 6 heteroatoms. The number of nitrogens with zero attached hydrogens (tertiary/aromatic N) is 2. The molecule has 1 amide bonds. The van der Waals surface area contributed by atoms with E-state index in [4.69, 9.17) is 9.47 Å². The first-order chi connectivity index (χ1) is 16.2. The van der Waals surface area contributed by atoms with Gasteiger partial charge in [-0.15, -0.1) is 0 Å². The number of fused-ring (bicyclic) bond motifs is 3. The first kappa shape index (κ1) is 23.2. The fourth-order valence-electron chi connectivity index (χ4n) is 3.79. The minimum atomic E-state index is -0.256. The predicted molar refractivity (Wildman–Crippen MR) is 135 cm³/mol. The number of hydrogen-bond acceptors (Lipinski definition) is 4. The Morgan fingerprint density at radius 3 is 2.58 bits per heavy atom. The van der Waals surface area contributed by atoms with E-state index in [2.05, 4.69) is 40.7 Å². The lowest BCUT2D eigenvalue weighted by Crippen LogP contribution is -2.19. The average molecular weight is 463 g/mol. The molecule has 0 aliphatic heterocycles. The van der Waals surface area contributed by atoms with Crippen LogP contribution < -0.4 is 9.54 Å². The molecule has 3 aromatic carbocycles. The zero-order valence-corrected chi connectivity index (χ0v) is 20.1. The van der Waals surface area contributed by atoms with Gasteiger partial charge in [0.05, 0.1) is 23.4 Å². The summed E-state index contributed by atoms with van der Waals surface area (Å²) in [5, 5.41) is 2.35. The molecular formula is C27H30N2O3S. The van der Waals surface area contributed by atoms with E-state index in [-0.39, 0.29) is 5.91 Å². The SMILES string of the molecule is CCCCCOc1ccc(C(=O)N=c2sc3c4ccccc4ccc3n2CCOCC)cc1. The summed E-state index contributed by atoms with van der Waals surface area (Å²) < 4.78 is 14.6. The minimum Gasteiger partial charge on any atom is -0.494 e. The molecule has 5 nitrogen and oxygen atoms in total. The minimum absolute atomic E-state index is 0.256. The van der Waals surface area contributed by atoms with Crippen LogP contribution in [0.4, 0.5) is 0 Å². The van der Waals surface area contributed by atoms with Gasteiger partial charge in [0, 0.05) is 24.1 Å². The maximum atomic E-state index is 13.0. The highest BCUT2D eigenvalue weighted by molar-refractivity contribution is 7.17. The molecule has 1 heterocycles. The van der Waals surface area contributed by atoms with Gasteiger partial charge in [-0.25, -0.2) is 0 Å². The summed E-state index contributed by atoms with van der Waals surface area (Å²) in [6, 6.07) is 19.8. The van der Waals surface area contributed by atoms with Crippen molar-refractivity contribution < 1.29 is 14.3 Å². The summed E-state index contributed by atoms with van der Waals surface area (Å²) in [4.78, 5) is 18.2. The van der Waals surface area contributed by atoms with Gasteiger partial charge in [0.1, 0.15) is 5.75 Å². The Balaban J connectivity index is 1.65. The Kier molecular flexibility index (Phi) is 7.92. The van der Waals surface area contributed by atoms with Crippen molar-refractivity contribution in [3.63, 3.8) is 0 Å². The lowest BCUT2D eigenvalue weighted by atomic mass is 10.1. The van der Waals surface area contributed by atoms with Gasteiger partial charge in [0.25, 0.3) is 5.91 Å². The Morgan fingerprint density at radius 1 is 0.970 bits per heavy atom. The molecule has 0 N–H and O–H groups in total. The monoisotopic (exact) mass is 462 g/mol. The molecule has 4 aromatic rings. The molecule has 4 rings (SSSR count). The lowest BCUT2D eigenvalue weighted by molar-refractivity contribution is 0.0996. The molecule has 0 spiro atoms. The molecular weight excluding hydrogens is 432 g/mol. The molecule has 0 aliphatic carbocycles. The van der Waals surface area contributed by atoms with Gasteiger partial charge in [0.2, 0.25) is 0 Å². The van der Waals surface area contributed by atoms with E-state index in [9.17, 15) is 4.79 Å². The Hall–Kier alpha value is -2.96. The van der Waals surface area contributed by atoms with Crippen molar-refractivity contribution in [1.29, 1.82) is 0 Å². The zero-order chi connectivity index (χ0) is 23.0. The van der Waals surface area contributed by atoms with Crippen molar-refractivity contribution in [2.75, 3.05) is 19.8 Å². The van der Waals surface area contributed by atoms with Crippen LogP contribution in [-0.2, 0) is 11.3 Å². The summed E-state index contributed by atoms with van der Waals surface area (Å²) in [5.74, 6) is 0.524. The van der Waals surface area contributed by atoms with Gasteiger partial charge >= 0.3 is 0 Å². The Bertz CT molecular complexity index is 1290. The summed E-state index contributed by atoms with van der Waals surface area (Å²) in [6.07, 6.45) is 3.36. The zero-order valence-electron chi connectivity index (χ0n) is 19.3. The molecule has 0 bridgehead atoms. The lowest BCUT2D eigenvalue weighted by Gasteiger charge is -2.07. The van der Waals surface area contributed by atoms with E-state index in [1.165, 1.54) is 10.8 Å². The molecule has 0 fully saturated rings. The van der Waals surface area contributed by atoms with Crippen molar-refractivity contribution in [2.45, 2.75) is 39.7 Å². The Morgan fingerprint density at radius 2 is 1.79 bits per heavy atom. The smallest absolute Gasteiger partial charge is 0.279 e. The molecule has 0 atom stereocenters. The van der Waals surface area contributed by atoms with E-state index >= 15 is 0 Å². The fourth-order valence-corrected chi connectivity index (χ4v) is 4.98. The fraction of sp³-hybridized carbons (Fsp3) is 0.333. The summed E-state index contributed by atoms with van der Waals surface area (Å²) >= 11 is 1.55. The number of benzene rings is 3. The first-order valence-electron chi connectivity index (χ1n) is 11.6. The standard InChI is InChI=1S/C27H30N2O3S/c1-3-5-8-18-32-22-14-11-21(12-15-22)26(30)28-27-29(17-19-31-4-2)24-16-13-20-9-6-7-10-23(20)25(24)33-27/h6-7,9-16H,3-5,8,17-19H2,1-2H3. The van der Waals surface area contributed by atoms with Crippen LogP contribution in [0.5, 0.6) is 5.75 Å². The second-order valence-corrected chi connectivity index (χ2v) is 8.84. The third kappa shape index (κ3) is 5.52. The van der Waals surface area contributed by atoms with Gasteiger partial charge in [-0.2, -0.15) is 4.99 Å².